The topological polar surface area (TPSA) is 76.7 Å². The van der Waals surface area contributed by atoms with Crippen molar-refractivity contribution in [1.29, 1.82) is 0 Å². The Morgan fingerprint density at radius 2 is 1.57 bits per heavy atom. The summed E-state index contributed by atoms with van der Waals surface area (Å²) in [5, 5.41) is 6.08. The molecule has 0 radical (unpaired) electrons. The van der Waals surface area contributed by atoms with Gasteiger partial charge in [-0.3, -0.25) is 9.59 Å². The number of amides is 1. The summed E-state index contributed by atoms with van der Waals surface area (Å²) in [4.78, 5) is 25.5. The van der Waals surface area contributed by atoms with Crippen LogP contribution in [-0.4, -0.2) is 30.7 Å². The molecule has 0 unspecified atom stereocenters. The maximum atomic E-state index is 13.0. The number of allylic oxidation sites excluding steroid dienone is 1. The highest BCUT2D eigenvalue weighted by molar-refractivity contribution is 6.09. The van der Waals surface area contributed by atoms with E-state index < -0.39 is 18.0 Å². The minimum Gasteiger partial charge on any atom is -0.497 e. The molecule has 0 fully saturated rings. The van der Waals surface area contributed by atoms with E-state index in [9.17, 15) is 22.8 Å². The van der Waals surface area contributed by atoms with E-state index in [0.717, 1.165) is 29.7 Å². The first-order valence-electron chi connectivity index (χ1n) is 11.4. The fraction of sp³-hybridized carbons (Fsp3) is 0.214. The van der Waals surface area contributed by atoms with Gasteiger partial charge in [0.2, 0.25) is 0 Å². The predicted octanol–water partition coefficient (Wildman–Crippen LogP) is 5.99. The Labute approximate surface area is 212 Å². The van der Waals surface area contributed by atoms with E-state index in [4.69, 9.17) is 4.74 Å². The van der Waals surface area contributed by atoms with Gasteiger partial charge in [-0.25, -0.2) is 0 Å². The van der Waals surface area contributed by atoms with Crippen molar-refractivity contribution in [3.63, 3.8) is 0 Å². The Morgan fingerprint density at radius 3 is 2.19 bits per heavy atom. The third-order valence-corrected chi connectivity index (χ3v) is 5.77. The Bertz CT molecular complexity index is 1350. The highest BCUT2D eigenvalue weighted by Gasteiger charge is 2.31. The molecule has 0 spiro atoms. The van der Waals surface area contributed by atoms with Gasteiger partial charge in [-0.15, -0.1) is 13.2 Å². The second-order valence-corrected chi connectivity index (χ2v) is 9.23. The zero-order valence-electron chi connectivity index (χ0n) is 20.4. The highest BCUT2D eigenvalue weighted by Crippen LogP contribution is 2.32. The smallest absolute Gasteiger partial charge is 0.497 e. The van der Waals surface area contributed by atoms with Crippen LogP contribution in [0.2, 0.25) is 0 Å². The molecule has 1 heterocycles. The molecular weight excluding hydrogens is 485 g/mol. The second-order valence-electron chi connectivity index (χ2n) is 9.23. The molecule has 2 N–H and O–H groups in total. The van der Waals surface area contributed by atoms with E-state index in [1.807, 2.05) is 18.2 Å². The van der Waals surface area contributed by atoms with Crippen LogP contribution < -0.4 is 20.1 Å². The minimum absolute atomic E-state index is 0.152. The van der Waals surface area contributed by atoms with Crippen molar-refractivity contribution >= 4 is 23.1 Å². The van der Waals surface area contributed by atoms with Crippen molar-refractivity contribution in [3.05, 3.63) is 95.1 Å². The molecule has 0 saturated carbocycles. The van der Waals surface area contributed by atoms with Crippen LogP contribution in [0, 0.1) is 0 Å². The number of fused-ring (bicyclic) bond motifs is 1. The molecule has 1 aliphatic heterocycles. The average Bonchev–Trinajstić information content (AvgIpc) is 2.83. The van der Waals surface area contributed by atoms with E-state index >= 15 is 0 Å². The quantitative estimate of drug-likeness (QED) is 0.315. The van der Waals surface area contributed by atoms with E-state index in [-0.39, 0.29) is 16.9 Å². The van der Waals surface area contributed by atoms with Gasteiger partial charge in [0.25, 0.3) is 5.91 Å². The Hall–Kier alpha value is -4.27. The van der Waals surface area contributed by atoms with Crippen molar-refractivity contribution < 1.29 is 32.2 Å². The molecule has 1 aliphatic rings. The Kier molecular flexibility index (Phi) is 6.98. The Morgan fingerprint density at radius 1 is 0.946 bits per heavy atom. The number of anilines is 1. The zero-order valence-corrected chi connectivity index (χ0v) is 20.4. The fourth-order valence-electron chi connectivity index (χ4n) is 4.10. The largest absolute Gasteiger partial charge is 0.573 e. The van der Waals surface area contributed by atoms with Gasteiger partial charge in [-0.05, 0) is 86.5 Å². The lowest BCUT2D eigenvalue weighted by atomic mass is 9.85. The first-order valence-corrected chi connectivity index (χ1v) is 11.4. The van der Waals surface area contributed by atoms with Gasteiger partial charge in [0.15, 0.2) is 5.78 Å². The van der Waals surface area contributed by atoms with Gasteiger partial charge in [0.1, 0.15) is 11.5 Å². The summed E-state index contributed by atoms with van der Waals surface area (Å²) in [7, 11) is 1.59. The maximum Gasteiger partial charge on any atom is 0.573 e. The molecule has 0 bridgehead atoms. The number of benzene rings is 3. The molecule has 0 aromatic heterocycles. The molecule has 6 nitrogen and oxygen atoms in total. The molecule has 3 aromatic rings. The molecule has 1 amide bonds. The summed E-state index contributed by atoms with van der Waals surface area (Å²) < 4.78 is 46.1. The summed E-state index contributed by atoms with van der Waals surface area (Å²) in [6, 6.07) is 16.7. The van der Waals surface area contributed by atoms with Crippen molar-refractivity contribution in [2.24, 2.45) is 0 Å². The lowest BCUT2D eigenvalue weighted by molar-refractivity contribution is -0.274. The number of carbonyl (C=O) groups is 2. The van der Waals surface area contributed by atoms with Crippen molar-refractivity contribution in [2.45, 2.75) is 32.2 Å². The third kappa shape index (κ3) is 6.49. The number of methoxy groups -OCH3 is 1. The summed E-state index contributed by atoms with van der Waals surface area (Å²) >= 11 is 0. The average molecular weight is 511 g/mol. The number of nitrogens with one attached hydrogen (secondary N) is 2. The summed E-state index contributed by atoms with van der Waals surface area (Å²) in [6.45, 7) is 4.12. The summed E-state index contributed by atoms with van der Waals surface area (Å²) in [5.41, 5.74) is 3.48. The SMILES string of the molecule is COc1ccc2c(c1)C(=CC(=O)c1ccc(NC(=O)c3ccc(OC(F)(F)F)cc3)cc1)NC(C)(C)C2. The van der Waals surface area contributed by atoms with Crippen LogP contribution in [0.3, 0.4) is 0 Å². The van der Waals surface area contributed by atoms with E-state index in [2.05, 4.69) is 29.2 Å². The zero-order chi connectivity index (χ0) is 26.8. The standard InChI is InChI=1S/C28H25F3N2O4/c1-27(2)16-19-8-13-22(36-3)14-23(19)24(33-27)15-25(34)17-4-9-20(10-5-17)32-26(35)18-6-11-21(12-7-18)37-28(29,30)31/h4-15,33H,16H2,1-3H3,(H,32,35). The van der Waals surface area contributed by atoms with Crippen LogP contribution in [0.5, 0.6) is 11.5 Å². The minimum atomic E-state index is -4.81. The molecule has 192 valence electrons. The molecule has 0 atom stereocenters. The van der Waals surface area contributed by atoms with Gasteiger partial charge >= 0.3 is 6.36 Å². The lowest BCUT2D eigenvalue weighted by Crippen LogP contribution is -2.43. The van der Waals surface area contributed by atoms with Crippen LogP contribution in [-0.2, 0) is 6.42 Å². The molecular formula is C28H25F3N2O4. The van der Waals surface area contributed by atoms with Crippen LogP contribution in [0.25, 0.3) is 5.70 Å². The summed E-state index contributed by atoms with van der Waals surface area (Å²) in [5.74, 6) is -0.454. The Balaban J connectivity index is 1.47. The maximum absolute atomic E-state index is 13.0. The van der Waals surface area contributed by atoms with Crippen LogP contribution in [0.1, 0.15) is 45.7 Å². The first kappa shape index (κ1) is 25.8. The molecule has 9 heteroatoms. The van der Waals surface area contributed by atoms with Crippen molar-refractivity contribution in [2.75, 3.05) is 12.4 Å². The number of halogens is 3. The molecule has 37 heavy (non-hydrogen) atoms. The number of hydrogen-bond donors (Lipinski definition) is 2. The number of alkyl halides is 3. The fourth-order valence-corrected chi connectivity index (χ4v) is 4.10. The normalized spacial score (nSPS) is 15.4. The van der Waals surface area contributed by atoms with Gasteiger partial charge in [0.05, 0.1) is 7.11 Å². The number of rotatable bonds is 6. The molecule has 3 aromatic carbocycles. The third-order valence-electron chi connectivity index (χ3n) is 5.77. The molecule has 0 aliphatic carbocycles. The monoisotopic (exact) mass is 510 g/mol. The highest BCUT2D eigenvalue weighted by atomic mass is 19.4. The van der Waals surface area contributed by atoms with E-state index in [1.165, 1.54) is 12.1 Å². The van der Waals surface area contributed by atoms with Gasteiger partial charge in [-0.1, -0.05) is 6.07 Å². The number of hydrogen-bond acceptors (Lipinski definition) is 5. The van der Waals surface area contributed by atoms with Gasteiger partial charge in [0, 0.05) is 39.7 Å². The van der Waals surface area contributed by atoms with Crippen molar-refractivity contribution in [1.82, 2.24) is 5.32 Å². The van der Waals surface area contributed by atoms with Crippen LogP contribution in [0.15, 0.2) is 72.8 Å². The predicted molar refractivity (Wildman–Crippen MR) is 134 cm³/mol. The summed E-state index contributed by atoms with van der Waals surface area (Å²) in [6.07, 6.45) is -2.46. The van der Waals surface area contributed by atoms with Gasteiger partial charge < -0.3 is 20.1 Å². The lowest BCUT2D eigenvalue weighted by Gasteiger charge is -2.35. The van der Waals surface area contributed by atoms with Crippen LogP contribution in [0.4, 0.5) is 18.9 Å². The van der Waals surface area contributed by atoms with E-state index in [0.29, 0.717) is 22.7 Å². The van der Waals surface area contributed by atoms with E-state index in [1.54, 1.807) is 37.5 Å². The number of ether oxygens (including phenoxy) is 2. The number of carbonyl (C=O) groups excluding carboxylic acids is 2. The second kappa shape index (κ2) is 10.0. The van der Waals surface area contributed by atoms with Gasteiger partial charge in [-0.2, -0.15) is 0 Å². The van der Waals surface area contributed by atoms with Crippen molar-refractivity contribution in [3.8, 4) is 11.5 Å². The molecule has 0 saturated heterocycles. The first-order chi connectivity index (χ1) is 17.4. The number of ketones is 1. The van der Waals surface area contributed by atoms with Crippen LogP contribution >= 0.6 is 0 Å². The molecule has 4 rings (SSSR count).